The highest BCUT2D eigenvalue weighted by Crippen LogP contribution is 2.39. The van der Waals surface area contributed by atoms with E-state index in [2.05, 4.69) is 26.6 Å². The van der Waals surface area contributed by atoms with E-state index < -0.39 is 54.3 Å². The number of nitrogens with two attached hydrogens (primary N) is 1. The van der Waals surface area contributed by atoms with Crippen LogP contribution < -0.4 is 32.3 Å². The highest BCUT2D eigenvalue weighted by atomic mass is 16.4. The van der Waals surface area contributed by atoms with Crippen LogP contribution in [-0.4, -0.2) is 94.8 Å². The van der Waals surface area contributed by atoms with Crippen molar-refractivity contribution in [2.75, 3.05) is 13.1 Å². The number of amides is 5. The van der Waals surface area contributed by atoms with Gasteiger partial charge in [-0.3, -0.25) is 34.2 Å². The number of rotatable bonds is 17. The van der Waals surface area contributed by atoms with Crippen molar-refractivity contribution in [1.82, 2.24) is 31.5 Å². The first kappa shape index (κ1) is 40.1. The molecule has 15 nitrogen and oxygen atoms in total. The Bertz CT molecular complexity index is 1430. The first-order chi connectivity index (χ1) is 24.8. The molecule has 2 saturated heterocycles. The number of carboxylic acid groups (broad SMARTS) is 1. The van der Waals surface area contributed by atoms with E-state index in [0.29, 0.717) is 32.1 Å². The summed E-state index contributed by atoms with van der Waals surface area (Å²) < 4.78 is 0. The Hall–Kier alpha value is -4.69. The van der Waals surface area contributed by atoms with Crippen LogP contribution in [0.2, 0.25) is 0 Å². The van der Waals surface area contributed by atoms with Crippen LogP contribution in [0.15, 0.2) is 30.3 Å². The number of carbonyl (C=O) groups excluding carboxylic acids is 5. The predicted octanol–water partition coefficient (Wildman–Crippen LogP) is 1.15. The van der Waals surface area contributed by atoms with E-state index in [1.54, 1.807) is 4.90 Å². The van der Waals surface area contributed by atoms with Gasteiger partial charge >= 0.3 is 5.97 Å². The van der Waals surface area contributed by atoms with Crippen molar-refractivity contribution < 1.29 is 33.9 Å². The number of carboxylic acids is 1. The van der Waals surface area contributed by atoms with Gasteiger partial charge in [-0.2, -0.15) is 0 Å². The second-order valence-corrected chi connectivity index (χ2v) is 14.8. The van der Waals surface area contributed by atoms with Gasteiger partial charge in [0.15, 0.2) is 5.96 Å². The molecule has 1 aromatic carbocycles. The Labute approximate surface area is 305 Å². The molecule has 0 spiro atoms. The third-order valence-corrected chi connectivity index (χ3v) is 10.3. The Morgan fingerprint density at radius 2 is 1.63 bits per heavy atom. The van der Waals surface area contributed by atoms with Crippen molar-refractivity contribution in [2.45, 2.75) is 121 Å². The number of piperidine rings is 1. The van der Waals surface area contributed by atoms with Gasteiger partial charge in [-0.25, -0.2) is 0 Å². The van der Waals surface area contributed by atoms with E-state index in [9.17, 15) is 33.9 Å². The molecule has 52 heavy (non-hydrogen) atoms. The molecule has 1 saturated carbocycles. The minimum absolute atomic E-state index is 0.0475. The van der Waals surface area contributed by atoms with Crippen LogP contribution in [0.25, 0.3) is 0 Å². The number of nitrogens with zero attached hydrogens (tertiary/aromatic N) is 1. The summed E-state index contributed by atoms with van der Waals surface area (Å²) in [4.78, 5) is 81.5. The molecule has 6 atom stereocenters. The lowest BCUT2D eigenvalue weighted by Crippen LogP contribution is -2.61. The summed E-state index contributed by atoms with van der Waals surface area (Å²) >= 11 is 0. The highest BCUT2D eigenvalue weighted by Gasteiger charge is 2.51. The van der Waals surface area contributed by atoms with Crippen LogP contribution in [0, 0.1) is 23.2 Å². The number of aliphatic carboxylic acids is 1. The van der Waals surface area contributed by atoms with E-state index in [0.717, 1.165) is 37.7 Å². The number of nitrogens with one attached hydrogen (secondary N) is 6. The zero-order valence-corrected chi connectivity index (χ0v) is 30.3. The van der Waals surface area contributed by atoms with Gasteiger partial charge < -0.3 is 42.3 Å². The van der Waals surface area contributed by atoms with Crippen molar-refractivity contribution in [3.63, 3.8) is 0 Å². The van der Waals surface area contributed by atoms with Gasteiger partial charge in [0.2, 0.25) is 29.5 Å². The molecule has 4 rings (SSSR count). The fourth-order valence-electron chi connectivity index (χ4n) is 7.66. The summed E-state index contributed by atoms with van der Waals surface area (Å²) in [7, 11) is 0. The van der Waals surface area contributed by atoms with E-state index in [1.165, 1.54) is 0 Å². The monoisotopic (exact) mass is 724 g/mol. The summed E-state index contributed by atoms with van der Waals surface area (Å²) in [6.45, 7) is 4.26. The molecule has 2 aliphatic heterocycles. The van der Waals surface area contributed by atoms with E-state index in [4.69, 9.17) is 11.1 Å². The second kappa shape index (κ2) is 19.2. The topological polar surface area (TPSA) is 236 Å². The number of guanidine groups is 1. The standard InChI is InChI=1S/C37H56N8O7/c1-22(2)21-41-33(49)28(20-31(46)47)44-34(50)26(14-9-17-40-37(38)39)42-35(51)30-19-25(18-23-10-5-3-6-11-23)29-16-15-27(36(52)45(29)30)43-32(48)24-12-7-4-8-13-24/h3,5-6,10-11,22,24-30H,4,7-9,12-21H2,1-2H3,(H,41,49)(H,42,51)(H,43,48)(H,44,50)(H,46,47)(H4,38,39,40)/t25-,26+,27?,28?,29+,30?/m1/s1. The van der Waals surface area contributed by atoms with Gasteiger partial charge in [0.25, 0.3) is 0 Å². The molecule has 3 unspecified atom stereocenters. The lowest BCUT2D eigenvalue weighted by Gasteiger charge is -2.39. The van der Waals surface area contributed by atoms with Crippen molar-refractivity contribution in [2.24, 2.45) is 23.5 Å². The maximum absolute atomic E-state index is 14.2. The molecule has 5 amide bonds. The lowest BCUT2D eigenvalue weighted by atomic mass is 9.86. The summed E-state index contributed by atoms with van der Waals surface area (Å²) in [6, 6.07) is 5.33. The number of fused-ring (bicyclic) bond motifs is 1. The average Bonchev–Trinajstić information content (AvgIpc) is 3.48. The first-order valence-corrected chi connectivity index (χ1v) is 18.7. The summed E-state index contributed by atoms with van der Waals surface area (Å²) in [5.74, 6) is -4.03. The summed E-state index contributed by atoms with van der Waals surface area (Å²) in [5.41, 5.74) is 6.49. The third kappa shape index (κ3) is 11.4. The van der Waals surface area contributed by atoms with Gasteiger partial charge in [0.05, 0.1) is 6.42 Å². The molecule has 1 aliphatic carbocycles. The predicted molar refractivity (Wildman–Crippen MR) is 194 cm³/mol. The first-order valence-electron chi connectivity index (χ1n) is 18.7. The quantitative estimate of drug-likeness (QED) is 0.0653. The van der Waals surface area contributed by atoms with Crippen LogP contribution in [0.4, 0.5) is 0 Å². The summed E-state index contributed by atoms with van der Waals surface area (Å²) in [6.07, 6.45) is 6.40. The molecule has 9 N–H and O–H groups in total. The average molecular weight is 725 g/mol. The maximum atomic E-state index is 14.2. The molecule has 2 heterocycles. The molecule has 3 fully saturated rings. The maximum Gasteiger partial charge on any atom is 0.305 e. The second-order valence-electron chi connectivity index (χ2n) is 14.8. The SMILES string of the molecule is CC(C)CNC(=O)C(CC(=O)O)NC(=O)[C@H](CCCNC(=N)N)NC(=O)C1C[C@@H](Cc2ccccc2)[C@@H]2CCC(NC(=O)C3CCCCC3)C(=O)N12. The normalized spacial score (nSPS) is 22.8. The van der Waals surface area contributed by atoms with Crippen molar-refractivity contribution in [3.8, 4) is 0 Å². The van der Waals surface area contributed by atoms with Crippen molar-refractivity contribution in [3.05, 3.63) is 35.9 Å². The summed E-state index contributed by atoms with van der Waals surface area (Å²) in [5, 5.41) is 30.6. The Kier molecular flexibility index (Phi) is 14.8. The fraction of sp³-hybridized carbons (Fsp3) is 0.649. The minimum atomic E-state index is -1.39. The molecule has 1 aromatic rings. The number of benzene rings is 1. The van der Waals surface area contributed by atoms with Crippen LogP contribution in [0.3, 0.4) is 0 Å². The molecule has 0 bridgehead atoms. The lowest BCUT2D eigenvalue weighted by molar-refractivity contribution is -0.147. The number of hydrogen-bond donors (Lipinski definition) is 8. The largest absolute Gasteiger partial charge is 0.481 e. The van der Waals surface area contributed by atoms with Crippen LogP contribution in [0.1, 0.15) is 90.0 Å². The van der Waals surface area contributed by atoms with Crippen LogP contribution >= 0.6 is 0 Å². The molecule has 0 radical (unpaired) electrons. The van der Waals surface area contributed by atoms with E-state index in [1.807, 2.05) is 44.2 Å². The highest BCUT2D eigenvalue weighted by molar-refractivity contribution is 5.97. The van der Waals surface area contributed by atoms with Crippen LogP contribution in [0.5, 0.6) is 0 Å². The number of hydrogen-bond acceptors (Lipinski definition) is 7. The van der Waals surface area contributed by atoms with Crippen molar-refractivity contribution >= 4 is 41.5 Å². The van der Waals surface area contributed by atoms with Crippen LogP contribution in [-0.2, 0) is 35.2 Å². The molecule has 0 aromatic heterocycles. The molecular weight excluding hydrogens is 668 g/mol. The fourth-order valence-corrected chi connectivity index (χ4v) is 7.66. The Morgan fingerprint density at radius 1 is 0.923 bits per heavy atom. The molecule has 286 valence electrons. The Balaban J connectivity index is 1.55. The third-order valence-electron chi connectivity index (χ3n) is 10.3. The zero-order chi connectivity index (χ0) is 37.8. The smallest absolute Gasteiger partial charge is 0.305 e. The van der Waals surface area contributed by atoms with Gasteiger partial charge in [-0.05, 0) is 68.8 Å². The van der Waals surface area contributed by atoms with Gasteiger partial charge in [0.1, 0.15) is 24.2 Å². The van der Waals surface area contributed by atoms with Gasteiger partial charge in [0, 0.05) is 25.0 Å². The zero-order valence-electron chi connectivity index (χ0n) is 30.3. The van der Waals surface area contributed by atoms with E-state index >= 15 is 0 Å². The number of carbonyl (C=O) groups is 6. The van der Waals surface area contributed by atoms with Crippen molar-refractivity contribution in [1.29, 1.82) is 5.41 Å². The van der Waals surface area contributed by atoms with E-state index in [-0.39, 0.29) is 61.1 Å². The molecule has 3 aliphatic rings. The molecular formula is C37H56N8O7. The van der Waals surface area contributed by atoms with Gasteiger partial charge in [-0.1, -0.05) is 63.4 Å². The molecule has 15 heteroatoms. The minimum Gasteiger partial charge on any atom is -0.481 e. The van der Waals surface area contributed by atoms with Gasteiger partial charge in [-0.15, -0.1) is 0 Å². The Morgan fingerprint density at radius 3 is 2.29 bits per heavy atom.